The van der Waals surface area contributed by atoms with E-state index in [1.807, 2.05) is 13.0 Å². The van der Waals surface area contributed by atoms with E-state index in [1.165, 1.54) is 9.80 Å². The minimum Gasteiger partial charge on any atom is -0.480 e. The molecular formula is C14H20N2O5. The largest absolute Gasteiger partial charge is 0.480 e. The van der Waals surface area contributed by atoms with E-state index in [4.69, 9.17) is 9.52 Å². The van der Waals surface area contributed by atoms with Gasteiger partial charge < -0.3 is 19.5 Å². The molecule has 1 amide bonds. The predicted octanol–water partition coefficient (Wildman–Crippen LogP) is 0.0662. The molecule has 0 aliphatic carbocycles. The number of aliphatic carboxylic acids is 1. The van der Waals surface area contributed by atoms with Crippen molar-refractivity contribution < 1.29 is 24.2 Å². The number of furan rings is 1. The van der Waals surface area contributed by atoms with E-state index >= 15 is 0 Å². The van der Waals surface area contributed by atoms with Crippen LogP contribution in [-0.2, 0) is 16.1 Å². The maximum atomic E-state index is 12.2. The quantitative estimate of drug-likeness (QED) is 0.798. The Hall–Kier alpha value is -1.86. The second kappa shape index (κ2) is 6.28. The van der Waals surface area contributed by atoms with Gasteiger partial charge >= 0.3 is 5.97 Å². The molecule has 1 aliphatic heterocycles. The number of carbonyl (C=O) groups is 2. The first kappa shape index (κ1) is 15.5. The molecule has 2 unspecified atom stereocenters. The minimum atomic E-state index is -1.01. The summed E-state index contributed by atoms with van der Waals surface area (Å²) in [6, 6.07) is 2.83. The van der Waals surface area contributed by atoms with Crippen LogP contribution in [0.25, 0.3) is 0 Å². The molecule has 1 aromatic rings. The van der Waals surface area contributed by atoms with Crippen molar-refractivity contribution in [2.45, 2.75) is 32.0 Å². The first-order chi connectivity index (χ1) is 9.86. The molecule has 1 aliphatic rings. The minimum absolute atomic E-state index is 0.0236. The molecule has 21 heavy (non-hydrogen) atoms. The van der Waals surface area contributed by atoms with Crippen molar-refractivity contribution in [1.82, 2.24) is 9.80 Å². The fraction of sp³-hybridized carbons (Fsp3) is 0.571. The van der Waals surface area contributed by atoms with Gasteiger partial charge in [-0.05, 0) is 19.1 Å². The Morgan fingerprint density at radius 2 is 2.19 bits per heavy atom. The smallest absolute Gasteiger partial charge is 0.321 e. The number of carboxylic acid groups (broad SMARTS) is 1. The molecule has 0 aromatic carbocycles. The summed E-state index contributed by atoms with van der Waals surface area (Å²) < 4.78 is 5.41. The van der Waals surface area contributed by atoms with E-state index in [-0.39, 0.29) is 25.4 Å². The van der Waals surface area contributed by atoms with Crippen molar-refractivity contribution >= 4 is 11.9 Å². The number of carbonyl (C=O) groups excluding carboxylic acids is 1. The Balaban J connectivity index is 1.92. The summed E-state index contributed by atoms with van der Waals surface area (Å²) in [5, 5.41) is 18.7. The summed E-state index contributed by atoms with van der Waals surface area (Å²) >= 11 is 0. The van der Waals surface area contributed by atoms with Crippen molar-refractivity contribution in [2.24, 2.45) is 0 Å². The van der Waals surface area contributed by atoms with Gasteiger partial charge in [0.05, 0.1) is 19.2 Å². The first-order valence-corrected chi connectivity index (χ1v) is 6.81. The lowest BCUT2D eigenvalue weighted by Gasteiger charge is -2.23. The maximum absolute atomic E-state index is 12.2. The van der Waals surface area contributed by atoms with Gasteiger partial charge in [0.15, 0.2) is 0 Å². The van der Waals surface area contributed by atoms with Gasteiger partial charge in [0.25, 0.3) is 0 Å². The topological polar surface area (TPSA) is 94.2 Å². The van der Waals surface area contributed by atoms with E-state index in [2.05, 4.69) is 0 Å². The summed E-state index contributed by atoms with van der Waals surface area (Å²) in [6.07, 6.45) is -0.541. The normalized spacial score (nSPS) is 22.4. The lowest BCUT2D eigenvalue weighted by molar-refractivity contribution is -0.143. The zero-order chi connectivity index (χ0) is 15.6. The van der Waals surface area contributed by atoms with E-state index in [0.717, 1.165) is 5.76 Å². The van der Waals surface area contributed by atoms with E-state index in [0.29, 0.717) is 12.3 Å². The van der Waals surface area contributed by atoms with Crippen molar-refractivity contribution in [1.29, 1.82) is 0 Å². The monoisotopic (exact) mass is 296 g/mol. The average Bonchev–Trinajstić information content (AvgIpc) is 2.95. The highest BCUT2D eigenvalue weighted by atomic mass is 16.4. The third kappa shape index (κ3) is 3.83. The SMILES string of the molecule is Cc1ccc(CN(C)C(=O)CN2CC(O)CC2C(=O)O)o1. The van der Waals surface area contributed by atoms with Gasteiger partial charge in [0.2, 0.25) is 5.91 Å². The molecule has 0 spiro atoms. The molecule has 2 heterocycles. The van der Waals surface area contributed by atoms with Gasteiger partial charge in [-0.3, -0.25) is 14.5 Å². The molecule has 0 saturated carbocycles. The lowest BCUT2D eigenvalue weighted by atomic mass is 10.2. The maximum Gasteiger partial charge on any atom is 0.321 e. The highest BCUT2D eigenvalue weighted by Crippen LogP contribution is 2.18. The molecule has 1 saturated heterocycles. The summed E-state index contributed by atoms with van der Waals surface area (Å²) in [4.78, 5) is 26.3. The van der Waals surface area contributed by atoms with Crippen molar-refractivity contribution in [3.8, 4) is 0 Å². The Labute approximate surface area is 122 Å². The van der Waals surface area contributed by atoms with Crippen molar-refractivity contribution in [3.05, 3.63) is 23.7 Å². The highest BCUT2D eigenvalue weighted by Gasteiger charge is 2.37. The van der Waals surface area contributed by atoms with Crippen molar-refractivity contribution in [2.75, 3.05) is 20.1 Å². The summed E-state index contributed by atoms with van der Waals surface area (Å²) in [5.74, 6) is 0.243. The fourth-order valence-corrected chi connectivity index (χ4v) is 2.50. The predicted molar refractivity (Wildman–Crippen MR) is 73.5 cm³/mol. The molecule has 0 bridgehead atoms. The first-order valence-electron chi connectivity index (χ1n) is 6.81. The van der Waals surface area contributed by atoms with Gasteiger partial charge in [-0.25, -0.2) is 0 Å². The van der Waals surface area contributed by atoms with Gasteiger partial charge in [-0.15, -0.1) is 0 Å². The number of likely N-dealkylation sites (N-methyl/N-ethyl adjacent to an activating group) is 1. The van der Waals surface area contributed by atoms with Crippen LogP contribution in [0.3, 0.4) is 0 Å². The zero-order valence-electron chi connectivity index (χ0n) is 12.2. The number of β-amino-alcohol motifs (C(OH)–C–C–N with tert-alkyl or cyclic N) is 1. The van der Waals surface area contributed by atoms with E-state index in [9.17, 15) is 14.7 Å². The van der Waals surface area contributed by atoms with Crippen molar-refractivity contribution in [3.63, 3.8) is 0 Å². The van der Waals surface area contributed by atoms with Crippen LogP contribution >= 0.6 is 0 Å². The van der Waals surface area contributed by atoms with Crippen LogP contribution in [0.5, 0.6) is 0 Å². The van der Waals surface area contributed by atoms with Gasteiger partial charge in [-0.1, -0.05) is 0 Å². The number of carboxylic acids is 1. The Morgan fingerprint density at radius 3 is 2.76 bits per heavy atom. The molecule has 0 radical (unpaired) electrons. The van der Waals surface area contributed by atoms with Crippen LogP contribution in [0.4, 0.5) is 0 Å². The molecule has 1 fully saturated rings. The van der Waals surface area contributed by atoms with Crippen LogP contribution in [0.15, 0.2) is 16.5 Å². The zero-order valence-corrected chi connectivity index (χ0v) is 12.2. The van der Waals surface area contributed by atoms with Gasteiger partial charge in [-0.2, -0.15) is 0 Å². The lowest BCUT2D eigenvalue weighted by Crippen LogP contribution is -2.43. The Kier molecular flexibility index (Phi) is 4.64. The number of amides is 1. The Morgan fingerprint density at radius 1 is 1.48 bits per heavy atom. The molecule has 7 nitrogen and oxygen atoms in total. The molecule has 1 aromatic heterocycles. The number of aliphatic hydroxyl groups is 1. The van der Waals surface area contributed by atoms with Gasteiger partial charge in [0.1, 0.15) is 17.6 Å². The third-order valence-electron chi connectivity index (χ3n) is 3.62. The molecular weight excluding hydrogens is 276 g/mol. The third-order valence-corrected chi connectivity index (χ3v) is 3.62. The number of rotatable bonds is 5. The number of nitrogens with zero attached hydrogens (tertiary/aromatic N) is 2. The van der Waals surface area contributed by atoms with E-state index < -0.39 is 18.1 Å². The Bertz CT molecular complexity index is 527. The molecule has 2 N–H and O–H groups in total. The summed E-state index contributed by atoms with van der Waals surface area (Å²) in [6.45, 7) is 2.34. The molecule has 7 heteroatoms. The molecule has 2 rings (SSSR count). The number of aliphatic hydroxyl groups excluding tert-OH is 1. The average molecular weight is 296 g/mol. The van der Waals surface area contributed by atoms with Crippen LogP contribution in [0.1, 0.15) is 17.9 Å². The van der Waals surface area contributed by atoms with Crippen LogP contribution in [0, 0.1) is 6.92 Å². The van der Waals surface area contributed by atoms with Crippen LogP contribution in [0.2, 0.25) is 0 Å². The molecule has 2 atom stereocenters. The number of hydrogen-bond donors (Lipinski definition) is 2. The number of aryl methyl sites for hydroxylation is 1. The highest BCUT2D eigenvalue weighted by molar-refractivity contribution is 5.80. The van der Waals surface area contributed by atoms with Gasteiger partial charge in [0, 0.05) is 20.0 Å². The van der Waals surface area contributed by atoms with Crippen LogP contribution < -0.4 is 0 Å². The summed E-state index contributed by atoms with van der Waals surface area (Å²) in [7, 11) is 1.64. The summed E-state index contributed by atoms with van der Waals surface area (Å²) in [5.41, 5.74) is 0. The molecule has 116 valence electrons. The van der Waals surface area contributed by atoms with Crippen LogP contribution in [-0.4, -0.2) is 64.2 Å². The number of likely N-dealkylation sites (tertiary alicyclic amines) is 1. The van der Waals surface area contributed by atoms with E-state index in [1.54, 1.807) is 13.1 Å². The second-order valence-electron chi connectivity index (χ2n) is 5.44. The standard InChI is InChI=1S/C14H20N2O5/c1-9-3-4-11(21-9)7-15(2)13(18)8-16-6-10(17)5-12(16)14(19)20/h3-4,10,12,17H,5-8H2,1-2H3,(H,19,20). The fourth-order valence-electron chi connectivity index (χ4n) is 2.50. The second-order valence-corrected chi connectivity index (χ2v) is 5.44. The number of hydrogen-bond acceptors (Lipinski definition) is 5.